The second kappa shape index (κ2) is 7.80. The summed E-state index contributed by atoms with van der Waals surface area (Å²) in [5, 5.41) is 7.66. The highest BCUT2D eigenvalue weighted by molar-refractivity contribution is 6.01. The van der Waals surface area contributed by atoms with Gasteiger partial charge in [0.05, 0.1) is 24.9 Å². The first kappa shape index (κ1) is 18.6. The number of amides is 1. The zero-order valence-corrected chi connectivity index (χ0v) is 16.9. The fourth-order valence-corrected chi connectivity index (χ4v) is 4.01. The van der Waals surface area contributed by atoms with Gasteiger partial charge in [0.2, 0.25) is 0 Å². The molecule has 1 aliphatic rings. The number of fused-ring (bicyclic) bond motifs is 2. The summed E-state index contributed by atoms with van der Waals surface area (Å²) in [6, 6.07) is 18.5. The monoisotopic (exact) mass is 401 g/mol. The van der Waals surface area contributed by atoms with Crippen molar-refractivity contribution < 1.29 is 14.3 Å². The van der Waals surface area contributed by atoms with Crippen LogP contribution in [0.1, 0.15) is 0 Å². The largest absolute Gasteiger partial charge is 0.483 e. The minimum atomic E-state index is -0.0144. The lowest BCUT2D eigenvalue weighted by Crippen LogP contribution is -2.43. The summed E-state index contributed by atoms with van der Waals surface area (Å²) >= 11 is 0. The fourth-order valence-electron chi connectivity index (χ4n) is 4.01. The number of aromatic nitrogens is 2. The van der Waals surface area contributed by atoms with Gasteiger partial charge in [-0.25, -0.2) is 0 Å². The molecule has 0 saturated carbocycles. The van der Waals surface area contributed by atoms with E-state index in [0.29, 0.717) is 32.1 Å². The van der Waals surface area contributed by atoms with E-state index in [2.05, 4.69) is 35.4 Å². The van der Waals surface area contributed by atoms with Gasteiger partial charge in [0.25, 0.3) is 5.91 Å². The molecule has 0 unspecified atom stereocenters. The van der Waals surface area contributed by atoms with Crippen molar-refractivity contribution >= 4 is 27.6 Å². The van der Waals surface area contributed by atoms with Gasteiger partial charge in [0.15, 0.2) is 6.61 Å². The number of ether oxygens (including phenoxy) is 2. The summed E-state index contributed by atoms with van der Waals surface area (Å²) in [5.41, 5.74) is 3.08. The summed E-state index contributed by atoms with van der Waals surface area (Å²) in [6.07, 6.45) is 1.86. The highest BCUT2D eigenvalue weighted by Gasteiger charge is 2.19. The zero-order chi connectivity index (χ0) is 20.5. The van der Waals surface area contributed by atoms with Crippen LogP contribution in [-0.4, -0.2) is 53.5 Å². The summed E-state index contributed by atoms with van der Waals surface area (Å²) in [4.78, 5) is 14.4. The molecule has 30 heavy (non-hydrogen) atoms. The number of carbonyl (C=O) groups is 1. The molecule has 3 aromatic carbocycles. The molecule has 5 rings (SSSR count). The number of nitrogens with zero attached hydrogens (tertiary/aromatic N) is 3. The molecule has 0 atom stereocenters. The van der Waals surface area contributed by atoms with Crippen LogP contribution in [-0.2, 0) is 16.6 Å². The topological polar surface area (TPSA) is 56.6 Å². The Hall–Kier alpha value is -3.38. The highest BCUT2D eigenvalue weighted by Crippen LogP contribution is 2.38. The van der Waals surface area contributed by atoms with Crippen molar-refractivity contribution in [3.63, 3.8) is 0 Å². The van der Waals surface area contributed by atoms with Crippen molar-refractivity contribution in [2.24, 2.45) is 7.05 Å². The molecule has 1 fully saturated rings. The van der Waals surface area contributed by atoms with Crippen molar-refractivity contribution in [3.8, 4) is 16.9 Å². The number of hydrogen-bond acceptors (Lipinski definition) is 4. The molecule has 0 bridgehead atoms. The number of aryl methyl sites for hydroxylation is 1. The number of hydrogen-bond donors (Lipinski definition) is 0. The average molecular weight is 401 g/mol. The van der Waals surface area contributed by atoms with E-state index in [1.54, 1.807) is 4.90 Å². The second-order valence-corrected chi connectivity index (χ2v) is 7.48. The second-order valence-electron chi connectivity index (χ2n) is 7.48. The van der Waals surface area contributed by atoms with Gasteiger partial charge in [0, 0.05) is 31.1 Å². The minimum absolute atomic E-state index is 0.0132. The SMILES string of the molecule is Cn1ncc2ccc(-c3c(OCC(=O)N4CCOCC4)ccc4ccccc34)cc21. The van der Waals surface area contributed by atoms with Crippen molar-refractivity contribution in [1.82, 2.24) is 14.7 Å². The molecule has 6 heteroatoms. The molecule has 4 aromatic rings. The molecule has 0 spiro atoms. The van der Waals surface area contributed by atoms with Gasteiger partial charge in [-0.3, -0.25) is 9.48 Å². The Morgan fingerprint density at radius 3 is 2.73 bits per heavy atom. The van der Waals surface area contributed by atoms with Crippen LogP contribution in [0.25, 0.3) is 32.8 Å². The summed E-state index contributed by atoms with van der Waals surface area (Å²) in [7, 11) is 1.94. The smallest absolute Gasteiger partial charge is 0.260 e. The lowest BCUT2D eigenvalue weighted by molar-refractivity contribution is -0.137. The van der Waals surface area contributed by atoms with Gasteiger partial charge in [-0.05, 0) is 28.5 Å². The molecule has 2 heterocycles. The van der Waals surface area contributed by atoms with E-state index in [4.69, 9.17) is 9.47 Å². The number of carbonyl (C=O) groups excluding carboxylic acids is 1. The van der Waals surface area contributed by atoms with E-state index in [-0.39, 0.29) is 12.5 Å². The Balaban J connectivity index is 1.54. The van der Waals surface area contributed by atoms with E-state index in [0.717, 1.165) is 32.8 Å². The molecular weight excluding hydrogens is 378 g/mol. The van der Waals surface area contributed by atoms with E-state index in [1.165, 1.54) is 0 Å². The van der Waals surface area contributed by atoms with Crippen LogP contribution in [0, 0.1) is 0 Å². The van der Waals surface area contributed by atoms with Crippen LogP contribution in [0.2, 0.25) is 0 Å². The normalized spacial score (nSPS) is 14.4. The van der Waals surface area contributed by atoms with E-state index in [1.807, 2.05) is 42.2 Å². The fraction of sp³-hybridized carbons (Fsp3) is 0.250. The molecule has 1 aromatic heterocycles. The first-order valence-corrected chi connectivity index (χ1v) is 10.1. The first-order chi connectivity index (χ1) is 14.7. The number of benzene rings is 3. The molecule has 0 aliphatic carbocycles. The van der Waals surface area contributed by atoms with Crippen LogP contribution >= 0.6 is 0 Å². The van der Waals surface area contributed by atoms with Gasteiger partial charge in [-0.1, -0.05) is 42.5 Å². The molecule has 1 saturated heterocycles. The van der Waals surface area contributed by atoms with Crippen molar-refractivity contribution in [2.45, 2.75) is 0 Å². The van der Waals surface area contributed by atoms with Gasteiger partial charge in [-0.15, -0.1) is 0 Å². The highest BCUT2D eigenvalue weighted by atomic mass is 16.5. The zero-order valence-electron chi connectivity index (χ0n) is 16.9. The third-order valence-electron chi connectivity index (χ3n) is 5.64. The van der Waals surface area contributed by atoms with Gasteiger partial charge in [-0.2, -0.15) is 5.10 Å². The average Bonchev–Trinajstić information content (AvgIpc) is 3.17. The van der Waals surface area contributed by atoms with Crippen LogP contribution < -0.4 is 4.74 Å². The van der Waals surface area contributed by atoms with Gasteiger partial charge < -0.3 is 14.4 Å². The Bertz CT molecular complexity index is 1230. The predicted octanol–water partition coefficient (Wildman–Crippen LogP) is 3.63. The van der Waals surface area contributed by atoms with Crippen LogP contribution in [0.5, 0.6) is 5.75 Å². The van der Waals surface area contributed by atoms with E-state index in [9.17, 15) is 4.79 Å². The van der Waals surface area contributed by atoms with E-state index >= 15 is 0 Å². The van der Waals surface area contributed by atoms with Crippen LogP contribution in [0.15, 0.2) is 60.8 Å². The third-order valence-corrected chi connectivity index (χ3v) is 5.64. The minimum Gasteiger partial charge on any atom is -0.483 e. The Labute approximate surface area is 174 Å². The standard InChI is InChI=1S/C24H23N3O3/c1-26-21-14-18(6-7-19(21)15-25-26)24-20-5-3-2-4-17(20)8-9-22(24)30-16-23(28)27-10-12-29-13-11-27/h2-9,14-15H,10-13,16H2,1H3. The Morgan fingerprint density at radius 1 is 1.07 bits per heavy atom. The predicted molar refractivity (Wildman–Crippen MR) is 117 cm³/mol. The van der Waals surface area contributed by atoms with E-state index < -0.39 is 0 Å². The maximum absolute atomic E-state index is 12.6. The number of rotatable bonds is 4. The molecule has 0 radical (unpaired) electrons. The van der Waals surface area contributed by atoms with Crippen LogP contribution in [0.4, 0.5) is 0 Å². The van der Waals surface area contributed by atoms with Gasteiger partial charge >= 0.3 is 0 Å². The molecule has 152 valence electrons. The summed E-state index contributed by atoms with van der Waals surface area (Å²) in [6.45, 7) is 2.41. The molecule has 1 aliphatic heterocycles. The van der Waals surface area contributed by atoms with Crippen molar-refractivity contribution in [1.29, 1.82) is 0 Å². The maximum Gasteiger partial charge on any atom is 0.260 e. The lowest BCUT2D eigenvalue weighted by Gasteiger charge is -2.27. The lowest BCUT2D eigenvalue weighted by atomic mass is 9.96. The maximum atomic E-state index is 12.6. The number of morpholine rings is 1. The Kier molecular flexibility index (Phi) is 4.85. The molecule has 1 amide bonds. The first-order valence-electron chi connectivity index (χ1n) is 10.1. The third kappa shape index (κ3) is 3.39. The summed E-state index contributed by atoms with van der Waals surface area (Å²) < 4.78 is 13.3. The molecule has 6 nitrogen and oxygen atoms in total. The van der Waals surface area contributed by atoms with Crippen molar-refractivity contribution in [3.05, 3.63) is 60.8 Å². The molecular formula is C24H23N3O3. The Morgan fingerprint density at radius 2 is 1.87 bits per heavy atom. The van der Waals surface area contributed by atoms with Gasteiger partial charge in [0.1, 0.15) is 5.75 Å². The van der Waals surface area contributed by atoms with Crippen LogP contribution in [0.3, 0.4) is 0 Å². The summed E-state index contributed by atoms with van der Waals surface area (Å²) in [5.74, 6) is 0.691. The molecule has 0 N–H and O–H groups in total. The quantitative estimate of drug-likeness (QED) is 0.524. The van der Waals surface area contributed by atoms with Crippen molar-refractivity contribution in [2.75, 3.05) is 32.9 Å².